The van der Waals surface area contributed by atoms with Crippen molar-refractivity contribution < 1.29 is 13.2 Å². The predicted octanol–water partition coefficient (Wildman–Crippen LogP) is 3.71. The first-order chi connectivity index (χ1) is 14.5. The van der Waals surface area contributed by atoms with Crippen molar-refractivity contribution >= 4 is 21.7 Å². The highest BCUT2D eigenvalue weighted by atomic mass is 32.2. The standard InChI is InChI=1S/C21H17N5O3S/c22-16-10-7-13-18(14-16)30(27,28)26-20-23-19(15-8-3-1-4-9-15)24-21(25-20)29-17-11-5-2-6-12-17/h1-14H,22H2,(H,23,24,25,26). The van der Waals surface area contributed by atoms with Gasteiger partial charge in [0.15, 0.2) is 5.82 Å². The number of benzene rings is 3. The molecule has 0 aliphatic heterocycles. The van der Waals surface area contributed by atoms with Crippen molar-refractivity contribution in [3.63, 3.8) is 0 Å². The van der Waals surface area contributed by atoms with Gasteiger partial charge >= 0.3 is 6.01 Å². The fourth-order valence-corrected chi connectivity index (χ4v) is 3.62. The molecule has 0 fully saturated rings. The highest BCUT2D eigenvalue weighted by molar-refractivity contribution is 7.92. The molecule has 1 heterocycles. The van der Waals surface area contributed by atoms with E-state index in [2.05, 4.69) is 19.7 Å². The Kier molecular flexibility index (Phi) is 5.27. The maximum atomic E-state index is 12.8. The van der Waals surface area contributed by atoms with Crippen LogP contribution in [0.3, 0.4) is 0 Å². The molecule has 0 atom stereocenters. The van der Waals surface area contributed by atoms with Crippen LogP contribution in [0.2, 0.25) is 0 Å². The Balaban J connectivity index is 1.74. The summed E-state index contributed by atoms with van der Waals surface area (Å²) in [4.78, 5) is 12.7. The molecule has 150 valence electrons. The van der Waals surface area contributed by atoms with Gasteiger partial charge < -0.3 is 10.5 Å². The molecule has 0 aliphatic rings. The van der Waals surface area contributed by atoms with Gasteiger partial charge in [0.2, 0.25) is 5.95 Å². The lowest BCUT2D eigenvalue weighted by molar-refractivity contribution is 0.441. The molecule has 0 radical (unpaired) electrons. The van der Waals surface area contributed by atoms with Gasteiger partial charge in [0.25, 0.3) is 10.0 Å². The zero-order valence-corrected chi connectivity index (χ0v) is 16.5. The average molecular weight is 419 g/mol. The highest BCUT2D eigenvalue weighted by Gasteiger charge is 2.18. The van der Waals surface area contributed by atoms with E-state index in [0.717, 1.165) is 0 Å². The van der Waals surface area contributed by atoms with E-state index < -0.39 is 10.0 Å². The summed E-state index contributed by atoms with van der Waals surface area (Å²) in [6.45, 7) is 0. The second kappa shape index (κ2) is 8.18. The number of nitrogen functional groups attached to an aromatic ring is 1. The summed E-state index contributed by atoms with van der Waals surface area (Å²) in [7, 11) is -3.96. The van der Waals surface area contributed by atoms with Crippen LogP contribution in [0.4, 0.5) is 11.6 Å². The Morgan fingerprint density at radius 1 is 0.800 bits per heavy atom. The van der Waals surface area contributed by atoms with Crippen LogP contribution in [0.1, 0.15) is 0 Å². The summed E-state index contributed by atoms with van der Waals surface area (Å²) < 4.78 is 33.6. The first-order valence-corrected chi connectivity index (χ1v) is 10.4. The van der Waals surface area contributed by atoms with E-state index in [0.29, 0.717) is 17.0 Å². The van der Waals surface area contributed by atoms with E-state index in [1.807, 2.05) is 24.3 Å². The van der Waals surface area contributed by atoms with Crippen molar-refractivity contribution in [2.24, 2.45) is 0 Å². The van der Waals surface area contributed by atoms with Crippen molar-refractivity contribution in [2.45, 2.75) is 4.90 Å². The largest absolute Gasteiger partial charge is 0.424 e. The maximum Gasteiger partial charge on any atom is 0.327 e. The molecule has 8 nitrogen and oxygen atoms in total. The van der Waals surface area contributed by atoms with Crippen LogP contribution < -0.4 is 15.2 Å². The quantitative estimate of drug-likeness (QED) is 0.457. The normalized spacial score (nSPS) is 11.1. The first-order valence-electron chi connectivity index (χ1n) is 8.92. The van der Waals surface area contributed by atoms with Crippen LogP contribution in [0.25, 0.3) is 11.4 Å². The van der Waals surface area contributed by atoms with E-state index in [9.17, 15) is 8.42 Å². The van der Waals surface area contributed by atoms with Crippen LogP contribution in [0, 0.1) is 0 Å². The number of hydrogen-bond donors (Lipinski definition) is 2. The highest BCUT2D eigenvalue weighted by Crippen LogP contribution is 2.24. The van der Waals surface area contributed by atoms with Gasteiger partial charge in [-0.25, -0.2) is 13.1 Å². The van der Waals surface area contributed by atoms with Gasteiger partial charge in [-0.3, -0.25) is 0 Å². The lowest BCUT2D eigenvalue weighted by Crippen LogP contribution is -2.16. The fraction of sp³-hybridized carbons (Fsp3) is 0. The lowest BCUT2D eigenvalue weighted by atomic mass is 10.2. The van der Waals surface area contributed by atoms with Crippen molar-refractivity contribution in [1.29, 1.82) is 0 Å². The minimum absolute atomic E-state index is 0.00491. The van der Waals surface area contributed by atoms with Crippen molar-refractivity contribution in [1.82, 2.24) is 15.0 Å². The molecule has 9 heteroatoms. The lowest BCUT2D eigenvalue weighted by Gasteiger charge is -2.10. The summed E-state index contributed by atoms with van der Waals surface area (Å²) in [5, 5.41) is 0. The van der Waals surface area contributed by atoms with Crippen molar-refractivity contribution in [3.05, 3.63) is 84.9 Å². The SMILES string of the molecule is Nc1cccc(S(=O)(=O)Nc2nc(Oc3ccccc3)nc(-c3ccccc3)n2)c1. The molecule has 0 saturated carbocycles. The van der Waals surface area contributed by atoms with Crippen LogP contribution in [0.15, 0.2) is 89.8 Å². The molecule has 4 rings (SSSR count). The Bertz CT molecular complexity index is 1270. The Morgan fingerprint density at radius 2 is 1.50 bits per heavy atom. The minimum Gasteiger partial charge on any atom is -0.424 e. The zero-order valence-electron chi connectivity index (χ0n) is 15.6. The third-order valence-electron chi connectivity index (χ3n) is 3.99. The first kappa shape index (κ1) is 19.3. The number of para-hydroxylation sites is 1. The molecule has 0 amide bonds. The molecule has 3 N–H and O–H groups in total. The van der Waals surface area contributed by atoms with E-state index in [4.69, 9.17) is 10.5 Å². The van der Waals surface area contributed by atoms with Gasteiger partial charge in [0.05, 0.1) is 4.90 Å². The second-order valence-electron chi connectivity index (χ2n) is 6.22. The Morgan fingerprint density at radius 3 is 2.20 bits per heavy atom. The smallest absolute Gasteiger partial charge is 0.327 e. The summed E-state index contributed by atoms with van der Waals surface area (Å²) in [5.41, 5.74) is 6.71. The number of nitrogens with one attached hydrogen (secondary N) is 1. The fourth-order valence-electron chi connectivity index (χ4n) is 2.62. The predicted molar refractivity (Wildman–Crippen MR) is 113 cm³/mol. The van der Waals surface area contributed by atoms with Gasteiger partial charge in [-0.1, -0.05) is 54.6 Å². The number of aromatic nitrogens is 3. The molecule has 0 aliphatic carbocycles. The maximum absolute atomic E-state index is 12.8. The third kappa shape index (κ3) is 4.53. The molecule has 30 heavy (non-hydrogen) atoms. The topological polar surface area (TPSA) is 120 Å². The van der Waals surface area contributed by atoms with Crippen molar-refractivity contribution in [3.8, 4) is 23.1 Å². The van der Waals surface area contributed by atoms with Crippen LogP contribution in [-0.2, 0) is 10.0 Å². The summed E-state index contributed by atoms with van der Waals surface area (Å²) >= 11 is 0. The zero-order chi connectivity index (χ0) is 21.0. The molecule has 0 bridgehead atoms. The summed E-state index contributed by atoms with van der Waals surface area (Å²) in [6, 6.07) is 23.9. The third-order valence-corrected chi connectivity index (χ3v) is 5.32. The van der Waals surface area contributed by atoms with E-state index in [1.165, 1.54) is 12.1 Å². The number of nitrogens with two attached hydrogens (primary N) is 1. The van der Waals surface area contributed by atoms with Gasteiger partial charge in [0.1, 0.15) is 5.75 Å². The second-order valence-corrected chi connectivity index (χ2v) is 7.91. The van der Waals surface area contributed by atoms with E-state index >= 15 is 0 Å². The molecule has 4 aromatic rings. The van der Waals surface area contributed by atoms with Gasteiger partial charge in [0, 0.05) is 11.3 Å². The number of anilines is 2. The minimum atomic E-state index is -3.96. The average Bonchev–Trinajstić information content (AvgIpc) is 2.75. The van der Waals surface area contributed by atoms with E-state index in [1.54, 1.807) is 48.5 Å². The van der Waals surface area contributed by atoms with Crippen LogP contribution >= 0.6 is 0 Å². The molecule has 0 spiro atoms. The number of nitrogens with zero attached hydrogens (tertiary/aromatic N) is 3. The Hall–Kier alpha value is -3.98. The molecule has 3 aromatic carbocycles. The van der Waals surface area contributed by atoms with Gasteiger partial charge in [-0.05, 0) is 30.3 Å². The van der Waals surface area contributed by atoms with Crippen molar-refractivity contribution in [2.75, 3.05) is 10.5 Å². The summed E-state index contributed by atoms with van der Waals surface area (Å²) in [5.74, 6) is 0.603. The number of ether oxygens (including phenoxy) is 1. The molecule has 0 unspecified atom stereocenters. The number of sulfonamides is 1. The number of rotatable bonds is 6. The van der Waals surface area contributed by atoms with Crippen LogP contribution in [-0.4, -0.2) is 23.4 Å². The Labute approximate surface area is 173 Å². The molecular weight excluding hydrogens is 402 g/mol. The summed E-state index contributed by atoms with van der Waals surface area (Å²) in [6.07, 6.45) is 0. The van der Waals surface area contributed by atoms with Gasteiger partial charge in [-0.15, -0.1) is 0 Å². The monoisotopic (exact) mass is 419 g/mol. The molecular formula is C21H17N5O3S. The van der Waals surface area contributed by atoms with Gasteiger partial charge in [-0.2, -0.15) is 15.0 Å². The van der Waals surface area contributed by atoms with E-state index in [-0.39, 0.29) is 22.7 Å². The molecule has 1 aromatic heterocycles. The molecule has 0 saturated heterocycles. The number of hydrogen-bond acceptors (Lipinski definition) is 7. The van der Waals surface area contributed by atoms with Crippen LogP contribution in [0.5, 0.6) is 11.8 Å².